The molecule has 6 heteroatoms. The average molecular weight is 574 g/mol. The lowest BCUT2D eigenvalue weighted by atomic mass is 10.0. The zero-order valence-corrected chi connectivity index (χ0v) is 27.3. The van der Waals surface area contributed by atoms with Crippen LogP contribution in [0.15, 0.2) is 24.3 Å². The number of ether oxygens (including phenoxy) is 1. The van der Waals surface area contributed by atoms with Gasteiger partial charge < -0.3 is 15.0 Å². The fraction of sp³-hybridized carbons (Fsp3) is 0.771. The van der Waals surface area contributed by atoms with Crippen molar-refractivity contribution >= 4 is 18.2 Å². The molecule has 0 aromatic heterocycles. The van der Waals surface area contributed by atoms with Crippen LogP contribution in [0, 0.1) is 0 Å². The van der Waals surface area contributed by atoms with E-state index in [9.17, 15) is 9.59 Å². The highest BCUT2D eigenvalue weighted by atomic mass is 16.5. The molecule has 41 heavy (non-hydrogen) atoms. The van der Waals surface area contributed by atoms with E-state index in [1.807, 2.05) is 24.3 Å². The number of hydrogen-bond acceptors (Lipinski definition) is 4. The molecule has 0 spiro atoms. The van der Waals surface area contributed by atoms with Gasteiger partial charge in [-0.1, -0.05) is 121 Å². The van der Waals surface area contributed by atoms with Crippen molar-refractivity contribution in [2.75, 3.05) is 24.5 Å². The van der Waals surface area contributed by atoms with E-state index in [4.69, 9.17) is 4.74 Å². The Hall–Kier alpha value is -2.08. The molecule has 0 saturated heterocycles. The highest BCUT2D eigenvalue weighted by Gasteiger charge is 2.15. The van der Waals surface area contributed by atoms with Gasteiger partial charge in [-0.15, -0.1) is 0 Å². The zero-order valence-electron chi connectivity index (χ0n) is 27.3. The maximum absolute atomic E-state index is 12.3. The van der Waals surface area contributed by atoms with Crippen molar-refractivity contribution in [1.82, 2.24) is 10.2 Å². The third-order valence-corrected chi connectivity index (χ3v) is 8.01. The summed E-state index contributed by atoms with van der Waals surface area (Å²) in [7, 11) is 0. The van der Waals surface area contributed by atoms with Crippen LogP contribution in [0.1, 0.15) is 143 Å². The van der Waals surface area contributed by atoms with Gasteiger partial charge in [-0.25, -0.2) is 4.79 Å². The minimum atomic E-state index is -0.428. The molecule has 1 N–H and O–H groups in total. The van der Waals surface area contributed by atoms with Crippen LogP contribution in [-0.4, -0.2) is 49.1 Å². The first-order chi connectivity index (χ1) is 19.9. The molecule has 0 saturated carbocycles. The molecule has 0 aliphatic rings. The molecule has 0 bridgehead atoms. The number of benzene rings is 1. The number of para-hydroxylation sites is 1. The Kier molecular flexibility index (Phi) is 22.1. The van der Waals surface area contributed by atoms with Crippen LogP contribution in [0.5, 0.6) is 0 Å². The largest absolute Gasteiger partial charge is 0.445 e. The van der Waals surface area contributed by atoms with E-state index < -0.39 is 6.09 Å². The van der Waals surface area contributed by atoms with E-state index >= 15 is 0 Å². The van der Waals surface area contributed by atoms with Gasteiger partial charge >= 0.3 is 6.09 Å². The van der Waals surface area contributed by atoms with E-state index in [0.717, 1.165) is 37.0 Å². The van der Waals surface area contributed by atoms with Gasteiger partial charge in [0.25, 0.3) is 0 Å². The lowest BCUT2D eigenvalue weighted by molar-refractivity contribution is -0.107. The number of unbranched alkanes of at least 4 members (excludes halogenated alkanes) is 15. The number of rotatable bonds is 26. The molecule has 0 fully saturated rings. The molecule has 1 aromatic carbocycles. The summed E-state index contributed by atoms with van der Waals surface area (Å²) in [5.41, 5.74) is 1.67. The number of nitrogens with zero attached hydrogens (tertiary/aromatic N) is 2. The predicted molar refractivity (Wildman–Crippen MR) is 175 cm³/mol. The third kappa shape index (κ3) is 18.1. The van der Waals surface area contributed by atoms with Gasteiger partial charge in [-0.2, -0.15) is 0 Å². The fourth-order valence-corrected chi connectivity index (χ4v) is 5.57. The van der Waals surface area contributed by atoms with Gasteiger partial charge in [-0.05, 0) is 40.2 Å². The molecule has 0 atom stereocenters. The summed E-state index contributed by atoms with van der Waals surface area (Å²) in [5.74, 6) is 0. The molecule has 2 amide bonds. The highest BCUT2D eigenvalue weighted by molar-refractivity contribution is 5.77. The molecule has 0 aliphatic carbocycles. The van der Waals surface area contributed by atoms with Crippen molar-refractivity contribution in [1.29, 1.82) is 0 Å². The first-order valence-electron chi connectivity index (χ1n) is 16.9. The monoisotopic (exact) mass is 573 g/mol. The van der Waals surface area contributed by atoms with Gasteiger partial charge in [0.1, 0.15) is 6.61 Å². The van der Waals surface area contributed by atoms with Crippen molar-refractivity contribution in [3.8, 4) is 0 Å². The second-order valence-corrected chi connectivity index (χ2v) is 12.2. The number of carbonyl (C=O) groups is 2. The summed E-state index contributed by atoms with van der Waals surface area (Å²) in [4.78, 5) is 28.3. The van der Waals surface area contributed by atoms with Crippen LogP contribution in [0.25, 0.3) is 0 Å². The lowest BCUT2D eigenvalue weighted by Crippen LogP contribution is -2.42. The molecule has 0 aliphatic heterocycles. The molecule has 1 aromatic rings. The maximum Gasteiger partial charge on any atom is 0.407 e. The molecule has 0 unspecified atom stereocenters. The SMILES string of the molecule is CCCCCCCCCCCCCCCCCCN(C=O)c1ccccc1COC(=O)NCCN(C(C)C)C(C)C. The van der Waals surface area contributed by atoms with Crippen molar-refractivity contribution < 1.29 is 14.3 Å². The number of carbonyl (C=O) groups excluding carboxylic acids is 2. The first kappa shape index (κ1) is 36.9. The van der Waals surface area contributed by atoms with Gasteiger partial charge in [0, 0.05) is 43.0 Å². The van der Waals surface area contributed by atoms with Gasteiger partial charge in [0.2, 0.25) is 6.41 Å². The number of amides is 2. The summed E-state index contributed by atoms with van der Waals surface area (Å²) in [6.07, 6.45) is 21.8. The Bertz CT molecular complexity index is 776. The van der Waals surface area contributed by atoms with E-state index in [0.29, 0.717) is 25.2 Å². The number of anilines is 1. The predicted octanol–water partition coefficient (Wildman–Crippen LogP) is 9.26. The van der Waals surface area contributed by atoms with E-state index in [-0.39, 0.29) is 6.61 Å². The van der Waals surface area contributed by atoms with Gasteiger partial charge in [0.15, 0.2) is 0 Å². The second-order valence-electron chi connectivity index (χ2n) is 12.2. The summed E-state index contributed by atoms with van der Waals surface area (Å²) < 4.78 is 5.49. The Morgan fingerprint density at radius 2 is 1.24 bits per heavy atom. The molecule has 1 rings (SSSR count). The van der Waals surface area contributed by atoms with Gasteiger partial charge in [-0.3, -0.25) is 9.69 Å². The Labute approximate surface area is 253 Å². The molecular weight excluding hydrogens is 510 g/mol. The lowest BCUT2D eigenvalue weighted by Gasteiger charge is -2.30. The van der Waals surface area contributed by atoms with E-state index in [1.54, 1.807) is 4.90 Å². The van der Waals surface area contributed by atoms with Crippen molar-refractivity contribution in [2.24, 2.45) is 0 Å². The Morgan fingerprint density at radius 3 is 1.73 bits per heavy atom. The molecular formula is C35H63N3O3. The van der Waals surface area contributed by atoms with Crippen molar-refractivity contribution in [3.05, 3.63) is 29.8 Å². The molecule has 6 nitrogen and oxygen atoms in total. The Morgan fingerprint density at radius 1 is 0.756 bits per heavy atom. The molecule has 236 valence electrons. The normalized spacial score (nSPS) is 11.4. The number of nitrogens with one attached hydrogen (secondary N) is 1. The summed E-state index contributed by atoms with van der Waals surface area (Å²) in [6.45, 7) is 13.1. The second kappa shape index (κ2) is 24.5. The smallest absolute Gasteiger partial charge is 0.407 e. The third-order valence-electron chi connectivity index (χ3n) is 8.01. The van der Waals surface area contributed by atoms with Crippen LogP contribution in [0.2, 0.25) is 0 Å². The molecule has 0 radical (unpaired) electrons. The summed E-state index contributed by atoms with van der Waals surface area (Å²) in [6, 6.07) is 8.54. The minimum Gasteiger partial charge on any atom is -0.445 e. The van der Waals surface area contributed by atoms with E-state index in [2.05, 4.69) is 44.8 Å². The zero-order chi connectivity index (χ0) is 30.1. The van der Waals surface area contributed by atoms with E-state index in [1.165, 1.54) is 89.9 Å². The molecule has 0 heterocycles. The van der Waals surface area contributed by atoms with Crippen LogP contribution in [0.3, 0.4) is 0 Å². The number of hydrogen-bond donors (Lipinski definition) is 1. The first-order valence-corrected chi connectivity index (χ1v) is 16.9. The summed E-state index contributed by atoms with van der Waals surface area (Å²) >= 11 is 0. The average Bonchev–Trinajstić information content (AvgIpc) is 2.96. The van der Waals surface area contributed by atoms with Crippen LogP contribution in [-0.2, 0) is 16.1 Å². The van der Waals surface area contributed by atoms with Crippen molar-refractivity contribution in [3.63, 3.8) is 0 Å². The standard InChI is InChI=1S/C35H63N3O3/c1-6-7-8-9-10-11-12-13-14-15-16-17-18-19-20-23-27-37(30-39)34-25-22-21-24-33(34)29-41-35(40)36-26-28-38(31(2)3)32(4)5/h21-22,24-25,30-32H,6-20,23,26-29H2,1-5H3,(H,36,40). The number of alkyl carbamates (subject to hydrolysis) is 1. The Balaban J connectivity index is 2.21. The fourth-order valence-electron chi connectivity index (χ4n) is 5.57. The summed E-state index contributed by atoms with van der Waals surface area (Å²) in [5, 5.41) is 2.86. The van der Waals surface area contributed by atoms with Crippen LogP contribution < -0.4 is 10.2 Å². The maximum atomic E-state index is 12.3. The van der Waals surface area contributed by atoms with Crippen LogP contribution in [0.4, 0.5) is 10.5 Å². The minimum absolute atomic E-state index is 0.142. The van der Waals surface area contributed by atoms with Crippen molar-refractivity contribution in [2.45, 2.75) is 156 Å². The van der Waals surface area contributed by atoms with Crippen LogP contribution >= 0.6 is 0 Å². The van der Waals surface area contributed by atoms with Gasteiger partial charge in [0.05, 0.1) is 0 Å². The quantitative estimate of drug-likeness (QED) is 0.0886. The highest BCUT2D eigenvalue weighted by Crippen LogP contribution is 2.21. The topological polar surface area (TPSA) is 61.9 Å².